The Hall–Kier alpha value is -1.49. The molecule has 0 bridgehead atoms. The van der Waals surface area contributed by atoms with Gasteiger partial charge in [0.1, 0.15) is 0 Å². The summed E-state index contributed by atoms with van der Waals surface area (Å²) in [7, 11) is 0. The molecule has 0 saturated heterocycles. The second-order valence-corrected chi connectivity index (χ2v) is 4.71. The van der Waals surface area contributed by atoms with Crippen LogP contribution in [-0.2, 0) is 6.54 Å². The van der Waals surface area contributed by atoms with E-state index in [9.17, 15) is 4.39 Å². The van der Waals surface area contributed by atoms with Crippen molar-refractivity contribution in [3.8, 4) is 0 Å². The summed E-state index contributed by atoms with van der Waals surface area (Å²) in [6, 6.07) is 7.11. The minimum absolute atomic E-state index is 0.331. The summed E-state index contributed by atoms with van der Waals surface area (Å²) in [6.07, 6.45) is 3.33. The van der Waals surface area contributed by atoms with E-state index in [-0.39, 0.29) is 5.82 Å². The van der Waals surface area contributed by atoms with Crippen LogP contribution in [0.3, 0.4) is 0 Å². The van der Waals surface area contributed by atoms with Crippen molar-refractivity contribution in [1.82, 2.24) is 9.97 Å². The number of hydrogen-bond acceptors (Lipinski definition) is 3. The maximum atomic E-state index is 13.8. The van der Waals surface area contributed by atoms with E-state index in [1.54, 1.807) is 12.4 Å². The van der Waals surface area contributed by atoms with E-state index < -0.39 is 0 Å². The SMILES string of the molecule is CCN(Cc1ccccn1)c1ncc(Br)cc1F. The molecule has 0 amide bonds. The maximum Gasteiger partial charge on any atom is 0.166 e. The first kappa shape index (κ1) is 13.0. The lowest BCUT2D eigenvalue weighted by Crippen LogP contribution is -2.24. The highest BCUT2D eigenvalue weighted by Crippen LogP contribution is 2.21. The van der Waals surface area contributed by atoms with E-state index in [4.69, 9.17) is 0 Å². The molecular formula is C13H13BrFN3. The first-order chi connectivity index (χ1) is 8.70. The monoisotopic (exact) mass is 309 g/mol. The molecule has 0 aliphatic heterocycles. The van der Waals surface area contributed by atoms with Crippen LogP contribution in [-0.4, -0.2) is 16.5 Å². The summed E-state index contributed by atoms with van der Waals surface area (Å²) in [4.78, 5) is 10.2. The summed E-state index contributed by atoms with van der Waals surface area (Å²) in [5, 5.41) is 0. The van der Waals surface area contributed by atoms with Crippen LogP contribution in [0.25, 0.3) is 0 Å². The Morgan fingerprint density at radius 2 is 2.17 bits per heavy atom. The van der Waals surface area contributed by atoms with Crippen molar-refractivity contribution in [3.63, 3.8) is 0 Å². The molecule has 0 N–H and O–H groups in total. The highest BCUT2D eigenvalue weighted by molar-refractivity contribution is 9.10. The zero-order valence-electron chi connectivity index (χ0n) is 9.98. The standard InChI is InChI=1S/C13H13BrFN3/c1-2-18(9-11-5-3-4-6-16-11)13-12(15)7-10(14)8-17-13/h3-8H,2,9H2,1H3. The van der Waals surface area contributed by atoms with Gasteiger partial charge in [-0.15, -0.1) is 0 Å². The molecule has 0 spiro atoms. The Morgan fingerprint density at radius 3 is 2.78 bits per heavy atom. The second-order valence-electron chi connectivity index (χ2n) is 3.79. The number of hydrogen-bond donors (Lipinski definition) is 0. The molecule has 0 atom stereocenters. The summed E-state index contributed by atoms with van der Waals surface area (Å²) in [6.45, 7) is 3.18. The van der Waals surface area contributed by atoms with Crippen molar-refractivity contribution in [2.75, 3.05) is 11.4 Å². The van der Waals surface area contributed by atoms with Crippen molar-refractivity contribution < 1.29 is 4.39 Å². The zero-order valence-corrected chi connectivity index (χ0v) is 11.6. The number of pyridine rings is 2. The van der Waals surface area contributed by atoms with Crippen LogP contribution >= 0.6 is 15.9 Å². The van der Waals surface area contributed by atoms with Crippen LogP contribution in [0.4, 0.5) is 10.2 Å². The van der Waals surface area contributed by atoms with Gasteiger partial charge in [0, 0.05) is 23.4 Å². The molecule has 0 aliphatic carbocycles. The Balaban J connectivity index is 2.23. The number of aromatic nitrogens is 2. The maximum absolute atomic E-state index is 13.8. The summed E-state index contributed by atoms with van der Waals surface area (Å²) in [5.74, 6) is 0.0218. The van der Waals surface area contributed by atoms with E-state index in [0.29, 0.717) is 23.4 Å². The van der Waals surface area contributed by atoms with Gasteiger partial charge in [-0.25, -0.2) is 9.37 Å². The fourth-order valence-electron chi connectivity index (χ4n) is 1.66. The molecule has 2 aromatic heterocycles. The van der Waals surface area contributed by atoms with Gasteiger partial charge in [-0.05, 0) is 41.1 Å². The summed E-state index contributed by atoms with van der Waals surface area (Å²) >= 11 is 3.20. The Kier molecular flexibility index (Phi) is 4.25. The molecule has 0 saturated carbocycles. The van der Waals surface area contributed by atoms with Crippen molar-refractivity contribution in [2.45, 2.75) is 13.5 Å². The highest BCUT2D eigenvalue weighted by atomic mass is 79.9. The van der Waals surface area contributed by atoms with Gasteiger partial charge in [0.25, 0.3) is 0 Å². The lowest BCUT2D eigenvalue weighted by molar-refractivity contribution is 0.607. The van der Waals surface area contributed by atoms with Crippen molar-refractivity contribution >= 4 is 21.7 Å². The molecule has 0 aromatic carbocycles. The first-order valence-electron chi connectivity index (χ1n) is 5.66. The smallest absolute Gasteiger partial charge is 0.166 e. The molecule has 3 nitrogen and oxygen atoms in total. The molecule has 5 heteroatoms. The predicted octanol–water partition coefficient (Wildman–Crippen LogP) is 3.40. The minimum atomic E-state index is -0.331. The van der Waals surface area contributed by atoms with Crippen molar-refractivity contribution in [3.05, 3.63) is 52.6 Å². The quantitative estimate of drug-likeness (QED) is 0.866. The van der Waals surface area contributed by atoms with Gasteiger partial charge < -0.3 is 4.90 Å². The largest absolute Gasteiger partial charge is 0.349 e. The van der Waals surface area contributed by atoms with E-state index in [0.717, 1.165) is 5.69 Å². The van der Waals surface area contributed by atoms with E-state index in [1.807, 2.05) is 30.0 Å². The molecule has 2 heterocycles. The third kappa shape index (κ3) is 3.04. The number of halogens is 2. The zero-order chi connectivity index (χ0) is 13.0. The highest BCUT2D eigenvalue weighted by Gasteiger charge is 2.12. The average molecular weight is 310 g/mol. The van der Waals surface area contributed by atoms with Crippen LogP contribution in [0.15, 0.2) is 41.1 Å². The van der Waals surface area contributed by atoms with Crippen molar-refractivity contribution in [1.29, 1.82) is 0 Å². The number of nitrogens with zero attached hydrogens (tertiary/aromatic N) is 3. The van der Waals surface area contributed by atoms with Crippen LogP contribution in [0.1, 0.15) is 12.6 Å². The third-order valence-corrected chi connectivity index (χ3v) is 2.98. The lowest BCUT2D eigenvalue weighted by atomic mass is 10.3. The van der Waals surface area contributed by atoms with Crippen molar-refractivity contribution in [2.24, 2.45) is 0 Å². The topological polar surface area (TPSA) is 29.0 Å². The van der Waals surface area contributed by atoms with Crippen LogP contribution in [0.5, 0.6) is 0 Å². The lowest BCUT2D eigenvalue weighted by Gasteiger charge is -2.21. The van der Waals surface area contributed by atoms with E-state index >= 15 is 0 Å². The Morgan fingerprint density at radius 1 is 1.33 bits per heavy atom. The van der Waals surface area contributed by atoms with Crippen LogP contribution in [0.2, 0.25) is 0 Å². The summed E-state index contributed by atoms with van der Waals surface area (Å²) in [5.41, 5.74) is 0.892. The summed E-state index contributed by atoms with van der Waals surface area (Å²) < 4.78 is 14.5. The van der Waals surface area contributed by atoms with Gasteiger partial charge in [0.2, 0.25) is 0 Å². The predicted molar refractivity (Wildman–Crippen MR) is 72.9 cm³/mol. The van der Waals surface area contributed by atoms with Crippen LogP contribution in [0, 0.1) is 5.82 Å². The molecule has 0 aliphatic rings. The van der Waals surface area contributed by atoms with Gasteiger partial charge in [0.05, 0.1) is 12.2 Å². The third-order valence-electron chi connectivity index (χ3n) is 2.55. The fraction of sp³-hybridized carbons (Fsp3) is 0.231. The molecule has 0 radical (unpaired) electrons. The Bertz CT molecular complexity index is 519. The van der Waals surface area contributed by atoms with Gasteiger partial charge in [0.15, 0.2) is 11.6 Å². The average Bonchev–Trinajstić information content (AvgIpc) is 2.38. The second kappa shape index (κ2) is 5.91. The normalized spacial score (nSPS) is 10.4. The van der Waals surface area contributed by atoms with Crippen LogP contribution < -0.4 is 4.90 Å². The number of anilines is 1. The van der Waals surface area contributed by atoms with Gasteiger partial charge >= 0.3 is 0 Å². The van der Waals surface area contributed by atoms with Gasteiger partial charge in [-0.3, -0.25) is 4.98 Å². The molecule has 18 heavy (non-hydrogen) atoms. The van der Waals surface area contributed by atoms with E-state index in [1.165, 1.54) is 6.07 Å². The van der Waals surface area contributed by atoms with Gasteiger partial charge in [-0.1, -0.05) is 6.07 Å². The molecular weight excluding hydrogens is 297 g/mol. The number of rotatable bonds is 4. The van der Waals surface area contributed by atoms with Gasteiger partial charge in [-0.2, -0.15) is 0 Å². The van der Waals surface area contributed by atoms with E-state index in [2.05, 4.69) is 25.9 Å². The first-order valence-corrected chi connectivity index (χ1v) is 6.46. The molecule has 0 unspecified atom stereocenters. The molecule has 2 aromatic rings. The molecule has 0 fully saturated rings. The molecule has 2 rings (SSSR count). The Labute approximate surface area is 114 Å². The molecule has 94 valence electrons. The minimum Gasteiger partial charge on any atom is -0.349 e. The fourth-order valence-corrected chi connectivity index (χ4v) is 1.97.